The van der Waals surface area contributed by atoms with Gasteiger partial charge < -0.3 is 0 Å². The molecule has 0 saturated heterocycles. The first-order chi connectivity index (χ1) is 4.89. The molecule has 0 nitrogen and oxygen atoms in total. The van der Waals surface area contributed by atoms with Gasteiger partial charge in [0.2, 0.25) is 0 Å². The van der Waals surface area contributed by atoms with Crippen LogP contribution >= 0.6 is 12.6 Å². The van der Waals surface area contributed by atoms with Crippen molar-refractivity contribution < 1.29 is 13.2 Å². The zero-order valence-electron chi connectivity index (χ0n) is 5.65. The summed E-state index contributed by atoms with van der Waals surface area (Å²) in [6.07, 6.45) is -2.52. The molecule has 0 aliphatic rings. The Bertz CT molecular complexity index is 200. The minimum Gasteiger partial charge on any atom is -0.166 e. The number of halogens is 3. The fourth-order valence-electron chi connectivity index (χ4n) is 0.472. The molecule has 0 fully saturated rings. The van der Waals surface area contributed by atoms with Crippen molar-refractivity contribution in [2.24, 2.45) is 0 Å². The van der Waals surface area contributed by atoms with Crippen LogP contribution in [0, 0.1) is 0 Å². The molecule has 0 spiro atoms. The SMILES string of the molecule is C=C/C=C(\C(=C)S)C(F)(F)F. The Morgan fingerprint density at radius 1 is 1.36 bits per heavy atom. The quantitative estimate of drug-likeness (QED) is 0.490. The highest BCUT2D eigenvalue weighted by atomic mass is 32.1. The van der Waals surface area contributed by atoms with Crippen LogP contribution < -0.4 is 0 Å². The molecule has 0 atom stereocenters. The molecule has 0 aromatic rings. The summed E-state index contributed by atoms with van der Waals surface area (Å²) < 4.78 is 35.8. The van der Waals surface area contributed by atoms with Crippen LogP contribution in [0.1, 0.15) is 0 Å². The number of hydrogen-bond donors (Lipinski definition) is 1. The Kier molecular flexibility index (Phi) is 3.45. The summed E-state index contributed by atoms with van der Waals surface area (Å²) in [6, 6.07) is 0. The highest BCUT2D eigenvalue weighted by Gasteiger charge is 2.33. The minimum absolute atomic E-state index is 0.308. The Morgan fingerprint density at radius 2 is 1.82 bits per heavy atom. The maximum absolute atomic E-state index is 11.9. The number of hydrogen-bond acceptors (Lipinski definition) is 1. The summed E-state index contributed by atoms with van der Waals surface area (Å²) in [7, 11) is 0. The molecule has 0 bridgehead atoms. The topological polar surface area (TPSA) is 0 Å². The van der Waals surface area contributed by atoms with Crippen molar-refractivity contribution in [1.29, 1.82) is 0 Å². The summed E-state index contributed by atoms with van der Waals surface area (Å²) in [5.74, 6) is 0. The van der Waals surface area contributed by atoms with Gasteiger partial charge in [-0.3, -0.25) is 0 Å². The number of alkyl halides is 3. The molecular weight excluding hydrogens is 173 g/mol. The third-order valence-corrected chi connectivity index (χ3v) is 1.14. The Hall–Kier alpha value is -0.640. The highest BCUT2D eigenvalue weighted by molar-refractivity contribution is 7.84. The van der Waals surface area contributed by atoms with Crippen LogP contribution in [0.2, 0.25) is 0 Å². The molecule has 0 aromatic carbocycles. The number of thiol groups is 1. The molecule has 0 heterocycles. The zero-order valence-corrected chi connectivity index (χ0v) is 6.54. The molecule has 0 radical (unpaired) electrons. The normalized spacial score (nSPS) is 12.9. The molecular formula is C7H7F3S. The Balaban J connectivity index is 4.77. The predicted molar refractivity (Wildman–Crippen MR) is 42.5 cm³/mol. The van der Waals surface area contributed by atoms with Gasteiger partial charge in [-0.1, -0.05) is 19.2 Å². The molecule has 0 unspecified atom stereocenters. The van der Waals surface area contributed by atoms with Gasteiger partial charge in [0.1, 0.15) is 0 Å². The van der Waals surface area contributed by atoms with E-state index >= 15 is 0 Å². The van der Waals surface area contributed by atoms with E-state index in [9.17, 15) is 13.2 Å². The summed E-state index contributed by atoms with van der Waals surface area (Å²) in [5, 5.41) is 0. The van der Waals surface area contributed by atoms with Gasteiger partial charge in [0.25, 0.3) is 0 Å². The summed E-state index contributed by atoms with van der Waals surface area (Å²) in [5.41, 5.74) is -0.865. The standard InChI is InChI=1S/C7H7F3S/c1-3-4-6(5(2)11)7(8,9)10/h3-4,11H,1-2H2/b6-4+. The lowest BCUT2D eigenvalue weighted by Gasteiger charge is -2.08. The molecule has 0 rings (SSSR count). The molecule has 11 heavy (non-hydrogen) atoms. The first kappa shape index (κ1) is 10.4. The average molecular weight is 180 g/mol. The fraction of sp³-hybridized carbons (Fsp3) is 0.143. The van der Waals surface area contributed by atoms with Crippen LogP contribution in [0.25, 0.3) is 0 Å². The molecule has 0 aliphatic heterocycles. The lowest BCUT2D eigenvalue weighted by atomic mass is 10.2. The Morgan fingerprint density at radius 3 is 1.91 bits per heavy atom. The van der Waals surface area contributed by atoms with E-state index in [2.05, 4.69) is 25.8 Å². The second kappa shape index (κ2) is 3.67. The third kappa shape index (κ3) is 3.32. The average Bonchev–Trinajstić information content (AvgIpc) is 1.79. The van der Waals surface area contributed by atoms with Gasteiger partial charge >= 0.3 is 6.18 Å². The molecule has 0 N–H and O–H groups in total. The summed E-state index contributed by atoms with van der Waals surface area (Å²) >= 11 is 3.49. The number of rotatable bonds is 2. The van der Waals surface area contributed by atoms with E-state index in [4.69, 9.17) is 0 Å². The van der Waals surface area contributed by atoms with Crippen molar-refractivity contribution in [2.45, 2.75) is 6.18 Å². The van der Waals surface area contributed by atoms with Crippen LogP contribution in [-0.2, 0) is 0 Å². The number of allylic oxidation sites excluding steroid dienone is 3. The van der Waals surface area contributed by atoms with Gasteiger partial charge in [0, 0.05) is 4.91 Å². The lowest BCUT2D eigenvalue weighted by Crippen LogP contribution is -2.11. The molecule has 62 valence electrons. The van der Waals surface area contributed by atoms with Gasteiger partial charge in [-0.05, 0) is 6.08 Å². The van der Waals surface area contributed by atoms with E-state index in [1.165, 1.54) is 0 Å². The van der Waals surface area contributed by atoms with Crippen LogP contribution in [-0.4, -0.2) is 6.18 Å². The van der Waals surface area contributed by atoms with E-state index in [0.717, 1.165) is 12.2 Å². The third-order valence-electron chi connectivity index (χ3n) is 0.901. The van der Waals surface area contributed by atoms with E-state index in [1.54, 1.807) is 0 Å². The first-order valence-corrected chi connectivity index (χ1v) is 3.12. The van der Waals surface area contributed by atoms with Crippen LogP contribution in [0.4, 0.5) is 13.2 Å². The fourth-order valence-corrected chi connectivity index (χ4v) is 0.673. The first-order valence-electron chi connectivity index (χ1n) is 2.67. The van der Waals surface area contributed by atoms with Crippen molar-refractivity contribution in [1.82, 2.24) is 0 Å². The van der Waals surface area contributed by atoms with Crippen molar-refractivity contribution in [3.05, 3.63) is 35.8 Å². The summed E-state index contributed by atoms with van der Waals surface area (Å²) in [6.45, 7) is 6.21. The Labute approximate surface area is 68.5 Å². The van der Waals surface area contributed by atoms with Crippen molar-refractivity contribution in [3.63, 3.8) is 0 Å². The van der Waals surface area contributed by atoms with Gasteiger partial charge in [-0.15, -0.1) is 12.6 Å². The van der Waals surface area contributed by atoms with Crippen LogP contribution in [0.3, 0.4) is 0 Å². The molecule has 0 amide bonds. The lowest BCUT2D eigenvalue weighted by molar-refractivity contribution is -0.0884. The molecule has 0 aromatic heterocycles. The van der Waals surface area contributed by atoms with Gasteiger partial charge in [-0.25, -0.2) is 0 Å². The van der Waals surface area contributed by atoms with Crippen molar-refractivity contribution in [3.8, 4) is 0 Å². The van der Waals surface area contributed by atoms with E-state index < -0.39 is 11.7 Å². The minimum atomic E-state index is -4.40. The highest BCUT2D eigenvalue weighted by Crippen LogP contribution is 2.31. The maximum atomic E-state index is 11.9. The van der Waals surface area contributed by atoms with E-state index in [0.29, 0.717) is 0 Å². The van der Waals surface area contributed by atoms with Gasteiger partial charge in [-0.2, -0.15) is 13.2 Å². The predicted octanol–water partition coefficient (Wildman–Crippen LogP) is 3.10. The van der Waals surface area contributed by atoms with E-state index in [1.807, 2.05) is 0 Å². The van der Waals surface area contributed by atoms with E-state index in [-0.39, 0.29) is 4.91 Å². The maximum Gasteiger partial charge on any atom is 0.417 e. The molecule has 0 aliphatic carbocycles. The second-order valence-electron chi connectivity index (χ2n) is 1.76. The van der Waals surface area contributed by atoms with Crippen molar-refractivity contribution in [2.75, 3.05) is 0 Å². The second-order valence-corrected chi connectivity index (χ2v) is 2.30. The van der Waals surface area contributed by atoms with Crippen LogP contribution in [0.5, 0.6) is 0 Å². The zero-order chi connectivity index (χ0) is 9.07. The van der Waals surface area contributed by atoms with Crippen molar-refractivity contribution >= 4 is 12.6 Å². The van der Waals surface area contributed by atoms with Gasteiger partial charge in [0.15, 0.2) is 0 Å². The molecule has 0 saturated carbocycles. The smallest absolute Gasteiger partial charge is 0.166 e. The summed E-state index contributed by atoms with van der Waals surface area (Å²) in [4.78, 5) is -0.308. The van der Waals surface area contributed by atoms with Crippen LogP contribution in [0.15, 0.2) is 35.8 Å². The van der Waals surface area contributed by atoms with Gasteiger partial charge in [0.05, 0.1) is 5.57 Å². The molecule has 4 heteroatoms. The largest absolute Gasteiger partial charge is 0.417 e. The monoisotopic (exact) mass is 180 g/mol.